The highest BCUT2D eigenvalue weighted by Crippen LogP contribution is 2.13. The zero-order chi connectivity index (χ0) is 14.4. The molecule has 102 valence electrons. The van der Waals surface area contributed by atoms with Crippen molar-refractivity contribution in [2.75, 3.05) is 0 Å². The van der Waals surface area contributed by atoms with Gasteiger partial charge in [-0.15, -0.1) is 0 Å². The molecular formula is C14H11BrN2O3. The predicted octanol–water partition coefficient (Wildman–Crippen LogP) is 3.91. The Morgan fingerprint density at radius 1 is 1.25 bits per heavy atom. The fourth-order valence-corrected chi connectivity index (χ4v) is 1.97. The van der Waals surface area contributed by atoms with Crippen LogP contribution in [0.15, 0.2) is 58.2 Å². The van der Waals surface area contributed by atoms with E-state index in [1.165, 1.54) is 18.3 Å². The fourth-order valence-electron chi connectivity index (χ4n) is 1.52. The number of oxime groups is 1. The Morgan fingerprint density at radius 2 is 2.00 bits per heavy atom. The number of benzene rings is 2. The zero-order valence-electron chi connectivity index (χ0n) is 10.4. The Labute approximate surface area is 124 Å². The smallest absolute Gasteiger partial charge is 0.269 e. The minimum atomic E-state index is -0.440. The van der Waals surface area contributed by atoms with Crippen LogP contribution < -0.4 is 0 Å². The molecule has 0 aliphatic carbocycles. The quantitative estimate of drug-likeness (QED) is 0.473. The summed E-state index contributed by atoms with van der Waals surface area (Å²) in [5.74, 6) is 0. The number of nitro groups is 1. The molecule has 0 fully saturated rings. The van der Waals surface area contributed by atoms with E-state index in [0.29, 0.717) is 6.61 Å². The van der Waals surface area contributed by atoms with E-state index in [2.05, 4.69) is 21.1 Å². The first-order valence-corrected chi connectivity index (χ1v) is 6.59. The van der Waals surface area contributed by atoms with Crippen LogP contribution in [0.4, 0.5) is 5.69 Å². The Morgan fingerprint density at radius 3 is 2.65 bits per heavy atom. The first-order valence-electron chi connectivity index (χ1n) is 5.79. The van der Waals surface area contributed by atoms with Gasteiger partial charge in [-0.05, 0) is 35.4 Å². The summed E-state index contributed by atoms with van der Waals surface area (Å²) in [5, 5.41) is 14.3. The zero-order valence-corrected chi connectivity index (χ0v) is 12.0. The van der Waals surface area contributed by atoms with Crippen LogP contribution in [0, 0.1) is 10.1 Å². The maximum Gasteiger partial charge on any atom is 0.269 e. The SMILES string of the molecule is O=[N+]([O-])c1ccc(/C=N/OCc2cccc(Br)c2)cc1. The molecule has 0 aliphatic rings. The average molecular weight is 335 g/mol. The molecule has 0 heterocycles. The lowest BCUT2D eigenvalue weighted by Gasteiger charge is -2.00. The molecule has 0 unspecified atom stereocenters. The monoisotopic (exact) mass is 334 g/mol. The van der Waals surface area contributed by atoms with Gasteiger partial charge in [0.15, 0.2) is 0 Å². The lowest BCUT2D eigenvalue weighted by Crippen LogP contribution is -1.90. The number of non-ortho nitro benzene ring substituents is 1. The number of hydrogen-bond donors (Lipinski definition) is 0. The number of hydrogen-bond acceptors (Lipinski definition) is 4. The van der Waals surface area contributed by atoms with Gasteiger partial charge in [0.1, 0.15) is 6.61 Å². The van der Waals surface area contributed by atoms with Gasteiger partial charge in [-0.3, -0.25) is 10.1 Å². The molecule has 0 aliphatic heterocycles. The van der Waals surface area contributed by atoms with Gasteiger partial charge < -0.3 is 4.84 Å². The number of nitrogens with zero attached hydrogens (tertiary/aromatic N) is 2. The van der Waals surface area contributed by atoms with Crippen LogP contribution in [-0.4, -0.2) is 11.1 Å². The predicted molar refractivity (Wildman–Crippen MR) is 79.6 cm³/mol. The van der Waals surface area contributed by atoms with Gasteiger partial charge in [0.25, 0.3) is 5.69 Å². The minimum absolute atomic E-state index is 0.0530. The van der Waals surface area contributed by atoms with E-state index < -0.39 is 4.92 Å². The average Bonchev–Trinajstić information content (AvgIpc) is 2.44. The molecule has 2 aromatic carbocycles. The molecule has 2 rings (SSSR count). The third kappa shape index (κ3) is 4.17. The molecule has 0 atom stereocenters. The second-order valence-electron chi connectivity index (χ2n) is 3.99. The summed E-state index contributed by atoms with van der Waals surface area (Å²) in [6.45, 7) is 0.364. The molecule has 0 radical (unpaired) electrons. The minimum Gasteiger partial charge on any atom is -0.391 e. The lowest BCUT2D eigenvalue weighted by atomic mass is 10.2. The molecule has 0 saturated heterocycles. The van der Waals surface area contributed by atoms with E-state index in [-0.39, 0.29) is 5.69 Å². The standard InChI is InChI=1S/C14H11BrN2O3/c15-13-3-1-2-12(8-13)10-20-16-9-11-4-6-14(7-5-11)17(18)19/h1-9H,10H2/b16-9+. The molecule has 0 amide bonds. The van der Waals surface area contributed by atoms with Crippen LogP contribution >= 0.6 is 15.9 Å². The molecule has 2 aromatic rings. The van der Waals surface area contributed by atoms with Gasteiger partial charge in [0.2, 0.25) is 0 Å². The first-order chi connectivity index (χ1) is 9.65. The number of rotatable bonds is 5. The van der Waals surface area contributed by atoms with Gasteiger partial charge in [-0.2, -0.15) is 0 Å². The highest BCUT2D eigenvalue weighted by atomic mass is 79.9. The van der Waals surface area contributed by atoms with Crippen LogP contribution in [0.25, 0.3) is 0 Å². The Bertz CT molecular complexity index is 627. The maximum atomic E-state index is 10.5. The van der Waals surface area contributed by atoms with Gasteiger partial charge in [0.05, 0.1) is 11.1 Å². The van der Waals surface area contributed by atoms with Gasteiger partial charge >= 0.3 is 0 Å². The van der Waals surface area contributed by atoms with Crippen molar-refractivity contribution in [1.29, 1.82) is 0 Å². The van der Waals surface area contributed by atoms with Crippen molar-refractivity contribution in [3.05, 3.63) is 74.2 Å². The summed E-state index contributed by atoms with van der Waals surface area (Å²) in [6.07, 6.45) is 1.52. The summed E-state index contributed by atoms with van der Waals surface area (Å²) in [4.78, 5) is 15.2. The topological polar surface area (TPSA) is 64.7 Å². The summed E-state index contributed by atoms with van der Waals surface area (Å²) in [5.41, 5.74) is 1.79. The third-order valence-electron chi connectivity index (χ3n) is 2.50. The Kier molecular flexibility index (Phi) is 4.84. The summed E-state index contributed by atoms with van der Waals surface area (Å²) < 4.78 is 0.984. The molecular weight excluding hydrogens is 324 g/mol. The van der Waals surface area contributed by atoms with Crippen molar-refractivity contribution >= 4 is 27.8 Å². The van der Waals surface area contributed by atoms with Crippen LogP contribution in [-0.2, 0) is 11.4 Å². The van der Waals surface area contributed by atoms with Crippen molar-refractivity contribution in [3.8, 4) is 0 Å². The van der Waals surface area contributed by atoms with Crippen LogP contribution in [0.1, 0.15) is 11.1 Å². The third-order valence-corrected chi connectivity index (χ3v) is 2.99. The maximum absolute atomic E-state index is 10.5. The van der Waals surface area contributed by atoms with Crippen molar-refractivity contribution in [3.63, 3.8) is 0 Å². The Balaban J connectivity index is 1.88. The van der Waals surface area contributed by atoms with E-state index in [1.807, 2.05) is 24.3 Å². The highest BCUT2D eigenvalue weighted by Gasteiger charge is 2.02. The second kappa shape index (κ2) is 6.81. The van der Waals surface area contributed by atoms with E-state index >= 15 is 0 Å². The van der Waals surface area contributed by atoms with Gasteiger partial charge in [-0.25, -0.2) is 0 Å². The normalized spacial score (nSPS) is 10.7. The summed E-state index contributed by atoms with van der Waals surface area (Å²) in [7, 11) is 0. The van der Waals surface area contributed by atoms with E-state index in [1.54, 1.807) is 12.1 Å². The number of nitro benzene ring substituents is 1. The molecule has 0 bridgehead atoms. The molecule has 20 heavy (non-hydrogen) atoms. The molecule has 0 N–H and O–H groups in total. The summed E-state index contributed by atoms with van der Waals surface area (Å²) in [6, 6.07) is 13.8. The largest absolute Gasteiger partial charge is 0.391 e. The van der Waals surface area contributed by atoms with Crippen molar-refractivity contribution in [2.24, 2.45) is 5.16 Å². The number of halogens is 1. The van der Waals surface area contributed by atoms with E-state index in [0.717, 1.165) is 15.6 Å². The van der Waals surface area contributed by atoms with Gasteiger partial charge in [-0.1, -0.05) is 33.2 Å². The summed E-state index contributed by atoms with van der Waals surface area (Å²) >= 11 is 3.38. The van der Waals surface area contributed by atoms with Crippen molar-refractivity contribution in [2.45, 2.75) is 6.61 Å². The second-order valence-corrected chi connectivity index (χ2v) is 4.90. The molecule has 0 saturated carbocycles. The lowest BCUT2D eigenvalue weighted by molar-refractivity contribution is -0.384. The molecule has 6 heteroatoms. The Hall–Kier alpha value is -2.21. The molecule has 5 nitrogen and oxygen atoms in total. The van der Waals surface area contributed by atoms with E-state index in [4.69, 9.17) is 4.84 Å². The van der Waals surface area contributed by atoms with Gasteiger partial charge in [0, 0.05) is 16.6 Å². The van der Waals surface area contributed by atoms with Crippen LogP contribution in [0.2, 0.25) is 0 Å². The van der Waals surface area contributed by atoms with Crippen molar-refractivity contribution < 1.29 is 9.76 Å². The van der Waals surface area contributed by atoms with Crippen LogP contribution in [0.3, 0.4) is 0 Å². The highest BCUT2D eigenvalue weighted by molar-refractivity contribution is 9.10. The molecule has 0 aromatic heterocycles. The van der Waals surface area contributed by atoms with Crippen LogP contribution in [0.5, 0.6) is 0 Å². The van der Waals surface area contributed by atoms with E-state index in [9.17, 15) is 10.1 Å². The first kappa shape index (κ1) is 14.2. The van der Waals surface area contributed by atoms with Crippen molar-refractivity contribution in [1.82, 2.24) is 0 Å². The molecule has 0 spiro atoms. The fraction of sp³-hybridized carbons (Fsp3) is 0.0714.